The Hall–Kier alpha value is -1.35. The molecule has 3 atom stereocenters. The summed E-state index contributed by atoms with van der Waals surface area (Å²) in [7, 11) is 0. The predicted molar refractivity (Wildman–Crippen MR) is 80.2 cm³/mol. The van der Waals surface area contributed by atoms with E-state index in [1.54, 1.807) is 0 Å². The summed E-state index contributed by atoms with van der Waals surface area (Å²) >= 11 is 0. The Morgan fingerprint density at radius 2 is 1.95 bits per heavy atom. The van der Waals surface area contributed by atoms with Crippen molar-refractivity contribution in [1.29, 1.82) is 0 Å². The number of amides is 1. The number of hydrogen-bond donors (Lipinski definition) is 1. The van der Waals surface area contributed by atoms with Gasteiger partial charge in [0.15, 0.2) is 0 Å². The van der Waals surface area contributed by atoms with Crippen molar-refractivity contribution in [2.45, 2.75) is 58.3 Å². The molecular formula is C17H24N2O. The van der Waals surface area contributed by atoms with Crippen molar-refractivity contribution >= 4 is 5.91 Å². The van der Waals surface area contributed by atoms with Crippen LogP contribution in [0.1, 0.15) is 50.4 Å². The van der Waals surface area contributed by atoms with Gasteiger partial charge in [0.05, 0.1) is 6.04 Å². The number of hydrogen-bond acceptors (Lipinski definition) is 2. The van der Waals surface area contributed by atoms with Crippen molar-refractivity contribution in [3.8, 4) is 0 Å². The van der Waals surface area contributed by atoms with Gasteiger partial charge in [-0.1, -0.05) is 50.1 Å². The number of aryl methyl sites for hydroxylation is 1. The monoisotopic (exact) mass is 272 g/mol. The summed E-state index contributed by atoms with van der Waals surface area (Å²) in [6, 6.07) is 8.98. The molecule has 3 nitrogen and oxygen atoms in total. The fraction of sp³-hybridized carbons (Fsp3) is 0.588. The SMILES string of the molecule is CCC(C)C1NC(c2ccc(C)cc2)N(C2CC2)C1=O. The van der Waals surface area contributed by atoms with Gasteiger partial charge in [-0.15, -0.1) is 0 Å². The largest absolute Gasteiger partial charge is 0.319 e. The predicted octanol–water partition coefficient (Wildman–Crippen LogP) is 3.00. The van der Waals surface area contributed by atoms with E-state index in [1.807, 2.05) is 0 Å². The molecule has 2 aliphatic rings. The van der Waals surface area contributed by atoms with Crippen molar-refractivity contribution in [3.63, 3.8) is 0 Å². The van der Waals surface area contributed by atoms with Crippen LogP contribution >= 0.6 is 0 Å². The molecule has 1 N–H and O–H groups in total. The first-order valence-corrected chi connectivity index (χ1v) is 7.76. The first-order valence-electron chi connectivity index (χ1n) is 7.76. The summed E-state index contributed by atoms with van der Waals surface area (Å²) in [5, 5.41) is 3.57. The molecule has 1 saturated heterocycles. The Balaban J connectivity index is 1.88. The standard InChI is InChI=1S/C17H24N2O/c1-4-12(3)15-17(20)19(14-9-10-14)16(18-15)13-7-5-11(2)6-8-13/h5-8,12,14-16,18H,4,9-10H2,1-3H3. The minimum Gasteiger partial charge on any atom is -0.319 e. The molecule has 0 spiro atoms. The van der Waals surface area contributed by atoms with Crippen molar-refractivity contribution < 1.29 is 4.79 Å². The van der Waals surface area contributed by atoms with Crippen LogP contribution in [0.2, 0.25) is 0 Å². The number of rotatable bonds is 4. The van der Waals surface area contributed by atoms with Crippen LogP contribution in [-0.4, -0.2) is 22.9 Å². The molecule has 20 heavy (non-hydrogen) atoms. The molecule has 1 aliphatic carbocycles. The highest BCUT2D eigenvalue weighted by atomic mass is 16.2. The molecule has 3 heteroatoms. The zero-order chi connectivity index (χ0) is 14.3. The number of nitrogens with one attached hydrogen (secondary N) is 1. The molecular weight excluding hydrogens is 248 g/mol. The molecule has 1 saturated carbocycles. The van der Waals surface area contributed by atoms with E-state index in [0.29, 0.717) is 17.9 Å². The van der Waals surface area contributed by atoms with Gasteiger partial charge in [0.2, 0.25) is 5.91 Å². The molecule has 0 bridgehead atoms. The summed E-state index contributed by atoms with van der Waals surface area (Å²) < 4.78 is 0. The van der Waals surface area contributed by atoms with Crippen LogP contribution in [0.4, 0.5) is 0 Å². The third kappa shape index (κ3) is 2.35. The van der Waals surface area contributed by atoms with E-state index in [0.717, 1.165) is 19.3 Å². The summed E-state index contributed by atoms with van der Waals surface area (Å²) in [6.45, 7) is 6.41. The molecule has 108 valence electrons. The Morgan fingerprint density at radius 3 is 2.50 bits per heavy atom. The van der Waals surface area contributed by atoms with Gasteiger partial charge < -0.3 is 4.90 Å². The summed E-state index contributed by atoms with van der Waals surface area (Å²) in [6.07, 6.45) is 3.41. The third-order valence-corrected chi connectivity index (χ3v) is 4.68. The number of benzene rings is 1. The van der Waals surface area contributed by atoms with Gasteiger partial charge in [0.25, 0.3) is 0 Å². The Bertz CT molecular complexity index is 492. The second kappa shape index (κ2) is 5.21. The lowest BCUT2D eigenvalue weighted by Crippen LogP contribution is -2.36. The number of nitrogens with zero attached hydrogens (tertiary/aromatic N) is 1. The summed E-state index contributed by atoms with van der Waals surface area (Å²) in [5.41, 5.74) is 2.47. The van der Waals surface area contributed by atoms with E-state index in [1.165, 1.54) is 11.1 Å². The molecule has 1 amide bonds. The van der Waals surface area contributed by atoms with Gasteiger partial charge in [0, 0.05) is 6.04 Å². The minimum atomic E-state index is -0.0214. The lowest BCUT2D eigenvalue weighted by atomic mass is 9.99. The first kappa shape index (κ1) is 13.6. The highest BCUT2D eigenvalue weighted by molar-refractivity contribution is 5.85. The number of carbonyl (C=O) groups is 1. The Morgan fingerprint density at radius 1 is 1.30 bits per heavy atom. The normalized spacial score (nSPS) is 27.9. The fourth-order valence-electron chi connectivity index (χ4n) is 3.00. The molecule has 2 fully saturated rings. The molecule has 0 aromatic heterocycles. The fourth-order valence-corrected chi connectivity index (χ4v) is 3.00. The van der Waals surface area contributed by atoms with Crippen molar-refractivity contribution in [2.24, 2.45) is 5.92 Å². The lowest BCUT2D eigenvalue weighted by molar-refractivity contribution is -0.131. The maximum absolute atomic E-state index is 12.7. The van der Waals surface area contributed by atoms with E-state index < -0.39 is 0 Å². The highest BCUT2D eigenvalue weighted by Crippen LogP contribution is 2.38. The zero-order valence-corrected chi connectivity index (χ0v) is 12.6. The number of carbonyl (C=O) groups excluding carboxylic acids is 1. The third-order valence-electron chi connectivity index (χ3n) is 4.68. The van der Waals surface area contributed by atoms with E-state index in [9.17, 15) is 4.79 Å². The van der Waals surface area contributed by atoms with Crippen LogP contribution < -0.4 is 5.32 Å². The van der Waals surface area contributed by atoms with E-state index in [4.69, 9.17) is 0 Å². The first-order chi connectivity index (χ1) is 9.61. The van der Waals surface area contributed by atoms with Gasteiger partial charge in [-0.2, -0.15) is 0 Å². The van der Waals surface area contributed by atoms with E-state index >= 15 is 0 Å². The molecule has 0 radical (unpaired) electrons. The van der Waals surface area contributed by atoms with Gasteiger partial charge >= 0.3 is 0 Å². The van der Waals surface area contributed by atoms with Gasteiger partial charge in [-0.25, -0.2) is 0 Å². The van der Waals surface area contributed by atoms with Crippen molar-refractivity contribution in [2.75, 3.05) is 0 Å². The Kier molecular flexibility index (Phi) is 3.55. The average Bonchev–Trinajstić information content (AvgIpc) is 3.22. The van der Waals surface area contributed by atoms with Gasteiger partial charge in [0.1, 0.15) is 6.17 Å². The second-order valence-electron chi connectivity index (χ2n) is 6.32. The average molecular weight is 272 g/mol. The summed E-state index contributed by atoms with van der Waals surface area (Å²) in [4.78, 5) is 14.8. The maximum atomic E-state index is 12.7. The van der Waals surface area contributed by atoms with E-state index in [2.05, 4.69) is 55.3 Å². The molecule has 1 aromatic rings. The molecule has 1 aromatic carbocycles. The van der Waals surface area contributed by atoms with Crippen LogP contribution in [0.15, 0.2) is 24.3 Å². The summed E-state index contributed by atoms with van der Waals surface area (Å²) in [5.74, 6) is 0.687. The molecule has 3 rings (SSSR count). The van der Waals surface area contributed by atoms with Crippen LogP contribution in [-0.2, 0) is 4.79 Å². The molecule has 1 aliphatic heterocycles. The van der Waals surface area contributed by atoms with Crippen LogP contribution in [0.5, 0.6) is 0 Å². The highest BCUT2D eigenvalue weighted by Gasteiger charge is 2.47. The van der Waals surface area contributed by atoms with Crippen LogP contribution in [0.25, 0.3) is 0 Å². The smallest absolute Gasteiger partial charge is 0.241 e. The molecule has 1 heterocycles. The van der Waals surface area contributed by atoms with E-state index in [-0.39, 0.29) is 12.2 Å². The minimum absolute atomic E-state index is 0.0214. The van der Waals surface area contributed by atoms with Gasteiger partial charge in [-0.05, 0) is 31.2 Å². The Labute approximate surface area is 121 Å². The quantitative estimate of drug-likeness (QED) is 0.914. The zero-order valence-electron chi connectivity index (χ0n) is 12.6. The second-order valence-corrected chi connectivity index (χ2v) is 6.32. The van der Waals surface area contributed by atoms with Crippen LogP contribution in [0, 0.1) is 12.8 Å². The van der Waals surface area contributed by atoms with Gasteiger partial charge in [-0.3, -0.25) is 10.1 Å². The van der Waals surface area contributed by atoms with Crippen molar-refractivity contribution in [3.05, 3.63) is 35.4 Å². The van der Waals surface area contributed by atoms with Crippen LogP contribution in [0.3, 0.4) is 0 Å². The van der Waals surface area contributed by atoms with Crippen molar-refractivity contribution in [1.82, 2.24) is 10.2 Å². The maximum Gasteiger partial charge on any atom is 0.241 e. The molecule has 3 unspecified atom stereocenters. The topological polar surface area (TPSA) is 32.3 Å². The lowest BCUT2D eigenvalue weighted by Gasteiger charge is -2.24.